The second-order valence-corrected chi connectivity index (χ2v) is 11.0. The summed E-state index contributed by atoms with van der Waals surface area (Å²) in [5, 5.41) is 32.5. The highest BCUT2D eigenvalue weighted by Crippen LogP contribution is 2.57. The van der Waals surface area contributed by atoms with Gasteiger partial charge in [0.1, 0.15) is 24.4 Å². The first kappa shape index (κ1) is 27.5. The Morgan fingerprint density at radius 3 is 2.26 bits per heavy atom. The molecule has 2 aromatic carbocycles. The number of esters is 1. The first-order chi connectivity index (χ1) is 20.3. The Balaban J connectivity index is 1.32. The molecule has 10 atom stereocenters. The Morgan fingerprint density at radius 1 is 0.881 bits per heavy atom. The van der Waals surface area contributed by atoms with Crippen molar-refractivity contribution in [3.05, 3.63) is 41.0 Å². The fourth-order valence-electron chi connectivity index (χ4n) is 6.74. The Hall–Kier alpha value is -3.33. The summed E-state index contributed by atoms with van der Waals surface area (Å²) >= 11 is 0. The van der Waals surface area contributed by atoms with E-state index in [1.54, 1.807) is 31.2 Å². The number of hydrogen-bond donors (Lipinski definition) is 3. The molecule has 4 unspecified atom stereocenters. The second-order valence-electron chi connectivity index (χ2n) is 11.0. The van der Waals surface area contributed by atoms with E-state index in [9.17, 15) is 20.1 Å². The molecule has 0 saturated carbocycles. The van der Waals surface area contributed by atoms with Crippen LogP contribution in [0.2, 0.25) is 0 Å². The Labute approximate surface area is 240 Å². The third-order valence-corrected chi connectivity index (χ3v) is 8.75. The fourth-order valence-corrected chi connectivity index (χ4v) is 6.74. The highest BCUT2D eigenvalue weighted by atomic mass is 16.8. The van der Waals surface area contributed by atoms with Gasteiger partial charge in [-0.05, 0) is 47.9 Å². The van der Waals surface area contributed by atoms with Crippen molar-refractivity contribution in [2.45, 2.75) is 55.9 Å². The fraction of sp³-hybridized carbons (Fsp3) is 0.552. The molecule has 0 amide bonds. The SMILES string of the molecule is COc1cc(C2c3cc4c(cc3[C@@H](OC3OC5CO[C@@H](C)OC5[C@H](O)[C@H]3O)[C@H]3COC(=O)[C@H]23)OCO4)cc(OC)c1O. The molecule has 4 aliphatic heterocycles. The van der Waals surface area contributed by atoms with Crippen molar-refractivity contribution in [2.24, 2.45) is 11.8 Å². The topological polar surface area (TPSA) is 161 Å². The van der Waals surface area contributed by atoms with Crippen LogP contribution in [-0.4, -0.2) is 92.5 Å². The molecular weight excluding hydrogens is 556 g/mol. The molecule has 226 valence electrons. The van der Waals surface area contributed by atoms with Gasteiger partial charge in [0.05, 0.1) is 39.5 Å². The number of ether oxygens (including phenoxy) is 9. The number of hydrogen-bond acceptors (Lipinski definition) is 13. The van der Waals surface area contributed by atoms with E-state index >= 15 is 0 Å². The van der Waals surface area contributed by atoms with Crippen molar-refractivity contribution < 1.29 is 62.7 Å². The van der Waals surface area contributed by atoms with Crippen molar-refractivity contribution in [1.29, 1.82) is 0 Å². The van der Waals surface area contributed by atoms with Crippen molar-refractivity contribution in [3.8, 4) is 28.7 Å². The standard InChI is InChI=1S/C29H32O13/c1-11-36-9-20-27(40-11)24(31)25(32)29(41-20)42-26-14-7-17-16(38-10-39-17)6-13(14)21(22-15(26)8-37-28(22)33)12-4-18(34-2)23(30)19(5-12)35-3/h4-7,11,15,20-22,24-27,29-32H,8-10H2,1-3H3/t11-,15+,20?,21?,22+,24-,25-,26-,27?,29?/m1/s1. The Morgan fingerprint density at radius 2 is 1.57 bits per heavy atom. The summed E-state index contributed by atoms with van der Waals surface area (Å²) in [5.74, 6) is -1.02. The highest BCUT2D eigenvalue weighted by Gasteiger charge is 2.56. The van der Waals surface area contributed by atoms with Crippen LogP contribution in [0, 0.1) is 11.8 Å². The Kier molecular flexibility index (Phi) is 6.83. The van der Waals surface area contributed by atoms with E-state index in [4.69, 9.17) is 42.6 Å². The number of fused-ring (bicyclic) bond motifs is 4. The van der Waals surface area contributed by atoms with Crippen molar-refractivity contribution in [3.63, 3.8) is 0 Å². The van der Waals surface area contributed by atoms with Crippen LogP contribution in [0.4, 0.5) is 0 Å². The highest BCUT2D eigenvalue weighted by molar-refractivity contribution is 5.79. The molecule has 3 N–H and O–H groups in total. The maximum atomic E-state index is 13.4. The van der Waals surface area contributed by atoms with Gasteiger partial charge in [0.25, 0.3) is 0 Å². The monoisotopic (exact) mass is 588 g/mol. The molecule has 13 nitrogen and oxygen atoms in total. The van der Waals surface area contributed by atoms with Gasteiger partial charge < -0.3 is 58.0 Å². The average molecular weight is 589 g/mol. The lowest BCUT2D eigenvalue weighted by atomic mass is 9.66. The zero-order valence-electron chi connectivity index (χ0n) is 23.1. The minimum atomic E-state index is -1.44. The quantitative estimate of drug-likeness (QED) is 0.430. The van der Waals surface area contributed by atoms with Gasteiger partial charge in [-0.25, -0.2) is 0 Å². The molecule has 4 heterocycles. The third-order valence-electron chi connectivity index (χ3n) is 8.75. The normalized spacial score (nSPS) is 36.5. The first-order valence-corrected chi connectivity index (χ1v) is 13.8. The van der Waals surface area contributed by atoms with Crippen LogP contribution in [-0.2, 0) is 28.5 Å². The van der Waals surface area contributed by atoms with E-state index < -0.39 is 66.8 Å². The molecule has 0 bridgehead atoms. The maximum absolute atomic E-state index is 13.4. The van der Waals surface area contributed by atoms with Gasteiger partial charge in [-0.15, -0.1) is 0 Å². The van der Waals surface area contributed by atoms with Crippen LogP contribution < -0.4 is 18.9 Å². The molecular formula is C29H32O13. The number of carbonyl (C=O) groups excluding carboxylic acids is 1. The lowest BCUT2D eigenvalue weighted by Crippen LogP contribution is -2.63. The van der Waals surface area contributed by atoms with Gasteiger partial charge in [-0.2, -0.15) is 0 Å². The molecule has 0 spiro atoms. The van der Waals surface area contributed by atoms with Crippen LogP contribution in [0.1, 0.15) is 35.6 Å². The van der Waals surface area contributed by atoms with Crippen molar-refractivity contribution in [1.82, 2.24) is 0 Å². The maximum Gasteiger partial charge on any atom is 0.310 e. The number of aliphatic hydroxyl groups excluding tert-OH is 2. The lowest BCUT2D eigenvalue weighted by molar-refractivity contribution is -0.364. The summed E-state index contributed by atoms with van der Waals surface area (Å²) in [5.41, 5.74) is 2.01. The number of benzene rings is 2. The minimum absolute atomic E-state index is 0.0301. The van der Waals surface area contributed by atoms with Crippen LogP contribution in [0.5, 0.6) is 28.7 Å². The zero-order chi connectivity index (χ0) is 29.3. The molecule has 3 saturated heterocycles. The van der Waals surface area contributed by atoms with Crippen molar-refractivity contribution in [2.75, 3.05) is 34.2 Å². The molecule has 0 radical (unpaired) electrons. The molecule has 1 aliphatic carbocycles. The Bertz CT molecular complexity index is 1350. The smallest absolute Gasteiger partial charge is 0.310 e. The van der Waals surface area contributed by atoms with Crippen LogP contribution in [0.15, 0.2) is 24.3 Å². The molecule has 3 fully saturated rings. The van der Waals surface area contributed by atoms with Crippen LogP contribution >= 0.6 is 0 Å². The van der Waals surface area contributed by atoms with Gasteiger partial charge in [0.15, 0.2) is 35.6 Å². The number of carbonyl (C=O) groups is 1. The number of rotatable bonds is 5. The second kappa shape index (κ2) is 10.4. The first-order valence-electron chi connectivity index (χ1n) is 13.8. The summed E-state index contributed by atoms with van der Waals surface area (Å²) in [4.78, 5) is 13.4. The van der Waals surface area contributed by atoms with Gasteiger partial charge in [-0.1, -0.05) is 0 Å². The van der Waals surface area contributed by atoms with E-state index in [1.807, 2.05) is 0 Å². The van der Waals surface area contributed by atoms with E-state index in [2.05, 4.69) is 0 Å². The predicted molar refractivity (Wildman–Crippen MR) is 138 cm³/mol. The molecule has 7 rings (SSSR count). The van der Waals surface area contributed by atoms with Crippen LogP contribution in [0.3, 0.4) is 0 Å². The summed E-state index contributed by atoms with van der Waals surface area (Å²) in [6.45, 7) is 1.93. The number of aromatic hydroxyl groups is 1. The number of aliphatic hydroxyl groups is 2. The molecule has 5 aliphatic rings. The lowest BCUT2D eigenvalue weighted by Gasteiger charge is -2.47. The summed E-state index contributed by atoms with van der Waals surface area (Å²) in [6.07, 6.45) is -6.80. The number of methoxy groups -OCH3 is 2. The number of phenolic OH excluding ortho intramolecular Hbond substituents is 1. The van der Waals surface area contributed by atoms with E-state index in [1.165, 1.54) is 14.2 Å². The molecule has 13 heteroatoms. The van der Waals surface area contributed by atoms with E-state index in [-0.39, 0.29) is 37.3 Å². The van der Waals surface area contributed by atoms with Gasteiger partial charge in [-0.3, -0.25) is 4.79 Å². The predicted octanol–water partition coefficient (Wildman–Crippen LogP) is 1.34. The summed E-state index contributed by atoms with van der Waals surface area (Å²) < 4.78 is 51.5. The van der Waals surface area contributed by atoms with Gasteiger partial charge >= 0.3 is 5.97 Å². The minimum Gasteiger partial charge on any atom is -0.502 e. The van der Waals surface area contributed by atoms with E-state index in [0.717, 1.165) is 0 Å². The largest absolute Gasteiger partial charge is 0.502 e. The van der Waals surface area contributed by atoms with Crippen LogP contribution in [0.25, 0.3) is 0 Å². The molecule has 2 aromatic rings. The number of phenols is 1. The van der Waals surface area contributed by atoms with Gasteiger partial charge in [0.2, 0.25) is 12.5 Å². The third kappa shape index (κ3) is 4.26. The summed E-state index contributed by atoms with van der Waals surface area (Å²) in [6, 6.07) is 6.93. The summed E-state index contributed by atoms with van der Waals surface area (Å²) in [7, 11) is 2.86. The zero-order valence-corrected chi connectivity index (χ0v) is 23.1. The van der Waals surface area contributed by atoms with E-state index in [0.29, 0.717) is 28.2 Å². The van der Waals surface area contributed by atoms with Gasteiger partial charge in [0, 0.05) is 11.8 Å². The average Bonchev–Trinajstić information content (AvgIpc) is 3.61. The number of cyclic esters (lactones) is 1. The molecule has 42 heavy (non-hydrogen) atoms. The molecule has 0 aromatic heterocycles. The van der Waals surface area contributed by atoms with Crippen molar-refractivity contribution >= 4 is 5.97 Å².